The summed E-state index contributed by atoms with van der Waals surface area (Å²) in [6.07, 6.45) is 0. The summed E-state index contributed by atoms with van der Waals surface area (Å²) in [7, 11) is 1.59. The lowest BCUT2D eigenvalue weighted by atomic mass is 10.1. The van der Waals surface area contributed by atoms with Gasteiger partial charge >= 0.3 is 0 Å². The Morgan fingerprint density at radius 1 is 0.897 bits per heavy atom. The Hall–Kier alpha value is -3.93. The van der Waals surface area contributed by atoms with Crippen LogP contribution in [0.25, 0.3) is 0 Å². The average Bonchev–Trinajstić information content (AvgIpc) is 3.03. The van der Waals surface area contributed by atoms with E-state index in [1.807, 2.05) is 24.3 Å². The first-order valence-corrected chi connectivity index (χ1v) is 9.07. The van der Waals surface area contributed by atoms with Crippen molar-refractivity contribution in [2.75, 3.05) is 12.0 Å². The number of anilines is 1. The highest BCUT2D eigenvalue weighted by molar-refractivity contribution is 6.34. The lowest BCUT2D eigenvalue weighted by Gasteiger charge is -2.14. The number of nitrogens with zero attached hydrogens (tertiary/aromatic N) is 1. The number of hydrogen-bond acceptors (Lipinski definition) is 4. The quantitative estimate of drug-likeness (QED) is 0.682. The van der Waals surface area contributed by atoms with E-state index in [2.05, 4.69) is 5.32 Å². The number of ether oxygens (including phenoxy) is 1. The van der Waals surface area contributed by atoms with Crippen molar-refractivity contribution in [2.24, 2.45) is 0 Å². The van der Waals surface area contributed by atoms with Gasteiger partial charge in [-0.15, -0.1) is 0 Å². The summed E-state index contributed by atoms with van der Waals surface area (Å²) in [5, 5.41) is 2.85. The van der Waals surface area contributed by atoms with Gasteiger partial charge in [0.05, 0.1) is 23.9 Å². The minimum Gasteiger partial charge on any atom is -0.497 e. The molecule has 0 spiro atoms. The molecule has 3 aromatic carbocycles. The second kappa shape index (κ2) is 7.59. The minimum absolute atomic E-state index is 0.248. The van der Waals surface area contributed by atoms with E-state index in [9.17, 15) is 14.4 Å². The Balaban J connectivity index is 1.46. The number of methoxy groups -OCH3 is 1. The molecule has 4 rings (SSSR count). The lowest BCUT2D eigenvalue weighted by molar-refractivity contribution is 0.0923. The molecular weight excluding hydrogens is 368 g/mol. The molecule has 1 aliphatic rings. The van der Waals surface area contributed by atoms with Gasteiger partial charge in [-0.05, 0) is 54.1 Å². The average molecular weight is 386 g/mol. The van der Waals surface area contributed by atoms with Gasteiger partial charge in [-0.1, -0.05) is 24.3 Å². The van der Waals surface area contributed by atoms with E-state index < -0.39 is 0 Å². The fraction of sp³-hybridized carbons (Fsp3) is 0.0870. The second-order valence-electron chi connectivity index (χ2n) is 6.57. The number of imide groups is 1. The van der Waals surface area contributed by atoms with Crippen LogP contribution >= 0.6 is 0 Å². The molecule has 0 aromatic heterocycles. The zero-order chi connectivity index (χ0) is 20.4. The zero-order valence-electron chi connectivity index (χ0n) is 15.7. The molecule has 3 aromatic rings. The summed E-state index contributed by atoms with van der Waals surface area (Å²) < 4.78 is 5.18. The topological polar surface area (TPSA) is 75.7 Å². The molecule has 0 unspecified atom stereocenters. The number of rotatable bonds is 5. The van der Waals surface area contributed by atoms with E-state index in [0.717, 1.165) is 16.2 Å². The van der Waals surface area contributed by atoms with Gasteiger partial charge in [-0.25, -0.2) is 4.90 Å². The number of benzene rings is 3. The highest BCUT2D eigenvalue weighted by Gasteiger charge is 2.36. The summed E-state index contributed by atoms with van der Waals surface area (Å²) in [4.78, 5) is 38.7. The van der Waals surface area contributed by atoms with Crippen LogP contribution in [0.1, 0.15) is 36.6 Å². The van der Waals surface area contributed by atoms with Crippen LogP contribution in [-0.2, 0) is 6.54 Å². The molecule has 0 radical (unpaired) electrons. The molecule has 0 saturated carbocycles. The number of carbonyl (C=O) groups excluding carboxylic acids is 3. The van der Waals surface area contributed by atoms with E-state index in [1.54, 1.807) is 55.6 Å². The first kappa shape index (κ1) is 18.4. The van der Waals surface area contributed by atoms with Gasteiger partial charge in [0.15, 0.2) is 0 Å². The van der Waals surface area contributed by atoms with Crippen molar-refractivity contribution in [1.82, 2.24) is 5.32 Å². The minimum atomic E-state index is -0.360. The predicted octanol–water partition coefficient (Wildman–Crippen LogP) is 3.43. The van der Waals surface area contributed by atoms with E-state index >= 15 is 0 Å². The number of carbonyl (C=O) groups is 3. The second-order valence-corrected chi connectivity index (χ2v) is 6.57. The van der Waals surface area contributed by atoms with Crippen LogP contribution in [-0.4, -0.2) is 24.8 Å². The predicted molar refractivity (Wildman–Crippen MR) is 108 cm³/mol. The number of amides is 3. The standard InChI is InChI=1S/C23H18N2O4/c1-29-18-6-4-5-15(13-18)14-24-21(26)16-9-11-17(12-10-16)25-22(27)19-7-2-3-8-20(19)23(25)28/h2-13H,14H2,1H3,(H,24,26). The zero-order valence-corrected chi connectivity index (χ0v) is 15.7. The molecule has 0 bridgehead atoms. The van der Waals surface area contributed by atoms with Crippen LogP contribution in [0.15, 0.2) is 72.8 Å². The third kappa shape index (κ3) is 3.48. The smallest absolute Gasteiger partial charge is 0.266 e. The van der Waals surface area contributed by atoms with Gasteiger partial charge in [0.2, 0.25) is 0 Å². The van der Waals surface area contributed by atoms with E-state index in [-0.39, 0.29) is 17.7 Å². The van der Waals surface area contributed by atoms with Crippen molar-refractivity contribution in [3.8, 4) is 5.75 Å². The molecule has 6 heteroatoms. The maximum absolute atomic E-state index is 12.6. The van der Waals surface area contributed by atoms with Gasteiger partial charge in [-0.3, -0.25) is 14.4 Å². The van der Waals surface area contributed by atoms with Gasteiger partial charge in [0, 0.05) is 12.1 Å². The Labute approximate surface area is 167 Å². The van der Waals surface area contributed by atoms with E-state index in [0.29, 0.717) is 28.9 Å². The van der Waals surface area contributed by atoms with Crippen LogP contribution in [0.5, 0.6) is 5.75 Å². The van der Waals surface area contributed by atoms with Crippen molar-refractivity contribution in [3.63, 3.8) is 0 Å². The van der Waals surface area contributed by atoms with Gasteiger partial charge < -0.3 is 10.1 Å². The van der Waals surface area contributed by atoms with Crippen molar-refractivity contribution in [2.45, 2.75) is 6.54 Å². The normalized spacial score (nSPS) is 12.7. The number of hydrogen-bond donors (Lipinski definition) is 1. The molecule has 29 heavy (non-hydrogen) atoms. The molecule has 0 saturated heterocycles. The Morgan fingerprint density at radius 3 is 2.17 bits per heavy atom. The summed E-state index contributed by atoms with van der Waals surface area (Å²) in [5.41, 5.74) is 2.56. The number of nitrogens with one attached hydrogen (secondary N) is 1. The Kier molecular flexibility index (Phi) is 4.83. The summed E-state index contributed by atoms with van der Waals surface area (Å²) in [6.45, 7) is 0.357. The monoisotopic (exact) mass is 386 g/mol. The molecule has 1 heterocycles. The fourth-order valence-corrected chi connectivity index (χ4v) is 3.25. The van der Waals surface area contributed by atoms with Crippen molar-refractivity contribution in [3.05, 3.63) is 95.1 Å². The summed E-state index contributed by atoms with van der Waals surface area (Å²) in [6, 6.07) is 20.6. The van der Waals surface area contributed by atoms with Crippen molar-refractivity contribution < 1.29 is 19.1 Å². The molecule has 1 aliphatic heterocycles. The van der Waals surface area contributed by atoms with Gasteiger partial charge in [0.25, 0.3) is 17.7 Å². The fourth-order valence-electron chi connectivity index (χ4n) is 3.25. The molecular formula is C23H18N2O4. The van der Waals surface area contributed by atoms with Crippen LogP contribution in [0, 0.1) is 0 Å². The number of fused-ring (bicyclic) bond motifs is 1. The lowest BCUT2D eigenvalue weighted by Crippen LogP contribution is -2.29. The maximum Gasteiger partial charge on any atom is 0.266 e. The van der Waals surface area contributed by atoms with Crippen LogP contribution in [0.2, 0.25) is 0 Å². The maximum atomic E-state index is 12.6. The highest BCUT2D eigenvalue weighted by Crippen LogP contribution is 2.28. The van der Waals surface area contributed by atoms with Gasteiger partial charge in [-0.2, -0.15) is 0 Å². The molecule has 1 N–H and O–H groups in total. The largest absolute Gasteiger partial charge is 0.497 e. The van der Waals surface area contributed by atoms with E-state index in [4.69, 9.17) is 4.74 Å². The third-order valence-corrected chi connectivity index (χ3v) is 4.77. The highest BCUT2D eigenvalue weighted by atomic mass is 16.5. The first-order valence-electron chi connectivity index (χ1n) is 9.07. The molecule has 3 amide bonds. The Bertz CT molecular complexity index is 1070. The van der Waals surface area contributed by atoms with Crippen LogP contribution in [0.3, 0.4) is 0 Å². The summed E-state index contributed by atoms with van der Waals surface area (Å²) >= 11 is 0. The molecule has 0 atom stereocenters. The first-order chi connectivity index (χ1) is 14.1. The summed E-state index contributed by atoms with van der Waals surface area (Å²) in [5.74, 6) is -0.245. The SMILES string of the molecule is COc1cccc(CNC(=O)c2ccc(N3C(=O)c4ccccc4C3=O)cc2)c1. The van der Waals surface area contributed by atoms with E-state index in [1.165, 1.54) is 0 Å². The molecule has 0 fully saturated rings. The van der Waals surface area contributed by atoms with Crippen molar-refractivity contribution >= 4 is 23.4 Å². The molecule has 6 nitrogen and oxygen atoms in total. The van der Waals surface area contributed by atoms with Gasteiger partial charge in [0.1, 0.15) is 5.75 Å². The Morgan fingerprint density at radius 2 is 1.55 bits per heavy atom. The molecule has 144 valence electrons. The third-order valence-electron chi connectivity index (χ3n) is 4.77. The van der Waals surface area contributed by atoms with Crippen molar-refractivity contribution in [1.29, 1.82) is 0 Å². The van der Waals surface area contributed by atoms with Crippen LogP contribution < -0.4 is 15.0 Å². The van der Waals surface area contributed by atoms with Crippen LogP contribution in [0.4, 0.5) is 5.69 Å². The molecule has 0 aliphatic carbocycles.